The van der Waals surface area contributed by atoms with Crippen LogP contribution >= 0.6 is 0 Å². The maximum atomic E-state index is 11.6. The van der Waals surface area contributed by atoms with E-state index in [4.69, 9.17) is 4.42 Å². The Balaban J connectivity index is 2.14. The van der Waals surface area contributed by atoms with Crippen molar-refractivity contribution >= 4 is 11.7 Å². The van der Waals surface area contributed by atoms with Crippen LogP contribution in [0.3, 0.4) is 0 Å². The second-order valence-corrected chi connectivity index (χ2v) is 5.38. The van der Waals surface area contributed by atoms with Crippen LogP contribution in [0, 0.1) is 20.8 Å². The van der Waals surface area contributed by atoms with Gasteiger partial charge in [-0.25, -0.2) is 14.6 Å². The fourth-order valence-corrected chi connectivity index (χ4v) is 2.31. The van der Waals surface area contributed by atoms with Gasteiger partial charge in [-0.05, 0) is 45.0 Å². The van der Waals surface area contributed by atoms with Crippen LogP contribution in [0.25, 0.3) is 17.4 Å². The number of hydrogen-bond donors (Lipinski definition) is 1. The number of nitrogens with one attached hydrogen (secondary N) is 1. The van der Waals surface area contributed by atoms with Crippen LogP contribution in [0.4, 0.5) is 5.82 Å². The lowest BCUT2D eigenvalue weighted by atomic mass is 10.3. The van der Waals surface area contributed by atoms with Gasteiger partial charge in [-0.2, -0.15) is 5.10 Å². The minimum absolute atomic E-state index is 0.349. The molecule has 0 atom stereocenters. The third-order valence-corrected chi connectivity index (χ3v) is 3.34. The molecule has 0 fully saturated rings. The summed E-state index contributed by atoms with van der Waals surface area (Å²) in [4.78, 5) is 20.5. The first-order chi connectivity index (χ1) is 11.5. The Hall–Kier alpha value is -3.22. The quantitative estimate of drug-likeness (QED) is 0.746. The number of amides is 1. The van der Waals surface area contributed by atoms with Crippen molar-refractivity contribution in [2.45, 2.75) is 20.8 Å². The number of nitrogens with zero attached hydrogens (tertiary/aromatic N) is 4. The molecule has 0 saturated carbocycles. The zero-order valence-electron chi connectivity index (χ0n) is 13.7. The minimum atomic E-state index is -0.352. The topological polar surface area (TPSA) is 85.8 Å². The van der Waals surface area contributed by atoms with E-state index in [1.807, 2.05) is 32.9 Å². The van der Waals surface area contributed by atoms with Crippen LogP contribution in [0.2, 0.25) is 0 Å². The highest BCUT2D eigenvalue weighted by atomic mass is 16.3. The van der Waals surface area contributed by atoms with Gasteiger partial charge in [-0.3, -0.25) is 4.79 Å². The van der Waals surface area contributed by atoms with Gasteiger partial charge in [-0.1, -0.05) is 6.58 Å². The maximum absolute atomic E-state index is 11.6. The summed E-state index contributed by atoms with van der Waals surface area (Å²) in [7, 11) is 0. The monoisotopic (exact) mass is 323 g/mol. The lowest BCUT2D eigenvalue weighted by Gasteiger charge is -2.08. The Bertz CT molecular complexity index is 923. The van der Waals surface area contributed by atoms with Gasteiger partial charge in [0.2, 0.25) is 5.91 Å². The van der Waals surface area contributed by atoms with E-state index in [0.29, 0.717) is 23.2 Å². The van der Waals surface area contributed by atoms with Crippen LogP contribution in [-0.4, -0.2) is 25.7 Å². The number of aromatic nitrogens is 4. The smallest absolute Gasteiger partial charge is 0.248 e. The van der Waals surface area contributed by atoms with Crippen LogP contribution in [0.1, 0.15) is 17.1 Å². The van der Waals surface area contributed by atoms with E-state index in [9.17, 15) is 4.79 Å². The molecule has 3 rings (SSSR count). The highest BCUT2D eigenvalue weighted by Crippen LogP contribution is 2.22. The predicted octanol–water partition coefficient (Wildman–Crippen LogP) is 2.97. The van der Waals surface area contributed by atoms with Gasteiger partial charge in [0.25, 0.3) is 0 Å². The third-order valence-electron chi connectivity index (χ3n) is 3.34. The second kappa shape index (κ2) is 6.11. The lowest BCUT2D eigenvalue weighted by molar-refractivity contribution is -0.111. The molecule has 0 saturated heterocycles. The molecule has 0 aromatic carbocycles. The molecule has 24 heavy (non-hydrogen) atoms. The van der Waals surface area contributed by atoms with E-state index >= 15 is 0 Å². The van der Waals surface area contributed by atoms with E-state index in [2.05, 4.69) is 27.0 Å². The van der Waals surface area contributed by atoms with Crippen molar-refractivity contribution in [1.82, 2.24) is 19.7 Å². The Morgan fingerprint density at radius 1 is 1.25 bits per heavy atom. The molecule has 1 amide bonds. The van der Waals surface area contributed by atoms with Gasteiger partial charge in [0, 0.05) is 11.8 Å². The Morgan fingerprint density at radius 3 is 2.62 bits per heavy atom. The number of rotatable bonds is 4. The molecule has 3 heterocycles. The molecule has 0 aliphatic carbocycles. The Kier molecular flexibility index (Phi) is 3.99. The van der Waals surface area contributed by atoms with E-state index in [1.165, 1.54) is 6.08 Å². The Labute approximate surface area is 139 Å². The zero-order chi connectivity index (χ0) is 17.3. The van der Waals surface area contributed by atoms with Crippen molar-refractivity contribution in [3.05, 3.63) is 54.1 Å². The molecule has 3 aromatic rings. The van der Waals surface area contributed by atoms with Gasteiger partial charge in [0.05, 0.1) is 5.69 Å². The first-order valence-electron chi connectivity index (χ1n) is 7.39. The van der Waals surface area contributed by atoms with Gasteiger partial charge < -0.3 is 9.73 Å². The standard InChI is InChI=1S/C17H17N5O2/c1-5-16(23)18-14-9-15(22-11(3)8-10(2)21-22)20-17(19-14)13-7-6-12(4)24-13/h5-9H,1H2,2-4H3,(H,18,19,20,23). The minimum Gasteiger partial charge on any atom is -0.458 e. The highest BCUT2D eigenvalue weighted by Gasteiger charge is 2.14. The van der Waals surface area contributed by atoms with Crippen molar-refractivity contribution in [3.8, 4) is 17.4 Å². The molecule has 3 aromatic heterocycles. The third kappa shape index (κ3) is 3.10. The van der Waals surface area contributed by atoms with Crippen LogP contribution in [0.15, 0.2) is 41.3 Å². The second-order valence-electron chi connectivity index (χ2n) is 5.38. The van der Waals surface area contributed by atoms with Crippen LogP contribution in [0.5, 0.6) is 0 Å². The summed E-state index contributed by atoms with van der Waals surface area (Å²) in [5.74, 6) is 2.18. The number of hydrogen-bond acceptors (Lipinski definition) is 5. The fourth-order valence-electron chi connectivity index (χ4n) is 2.31. The maximum Gasteiger partial charge on any atom is 0.248 e. The summed E-state index contributed by atoms with van der Waals surface area (Å²) < 4.78 is 7.29. The number of carbonyl (C=O) groups is 1. The van der Waals surface area contributed by atoms with Gasteiger partial charge in [-0.15, -0.1) is 0 Å². The molecule has 122 valence electrons. The highest BCUT2D eigenvalue weighted by molar-refractivity contribution is 5.98. The first-order valence-corrected chi connectivity index (χ1v) is 7.39. The van der Waals surface area contributed by atoms with Gasteiger partial charge in [0.15, 0.2) is 17.4 Å². The van der Waals surface area contributed by atoms with E-state index in [0.717, 1.165) is 17.1 Å². The summed E-state index contributed by atoms with van der Waals surface area (Å²) in [6.07, 6.45) is 1.18. The number of anilines is 1. The summed E-state index contributed by atoms with van der Waals surface area (Å²) in [5.41, 5.74) is 1.80. The number of aryl methyl sites for hydroxylation is 3. The number of carbonyl (C=O) groups excluding carboxylic acids is 1. The van der Waals surface area contributed by atoms with Gasteiger partial charge in [0.1, 0.15) is 11.6 Å². The van der Waals surface area contributed by atoms with Crippen molar-refractivity contribution in [1.29, 1.82) is 0 Å². The molecule has 0 bridgehead atoms. The van der Waals surface area contributed by atoms with Crippen molar-refractivity contribution in [2.24, 2.45) is 0 Å². The average Bonchev–Trinajstić information content (AvgIpc) is 3.12. The van der Waals surface area contributed by atoms with Crippen molar-refractivity contribution in [2.75, 3.05) is 5.32 Å². The van der Waals surface area contributed by atoms with Crippen LogP contribution < -0.4 is 5.32 Å². The van der Waals surface area contributed by atoms with Crippen LogP contribution in [-0.2, 0) is 4.79 Å². The molecule has 0 radical (unpaired) electrons. The zero-order valence-corrected chi connectivity index (χ0v) is 13.7. The largest absolute Gasteiger partial charge is 0.458 e. The molecular weight excluding hydrogens is 306 g/mol. The molecule has 1 N–H and O–H groups in total. The van der Waals surface area contributed by atoms with Gasteiger partial charge >= 0.3 is 0 Å². The molecular formula is C17H17N5O2. The Morgan fingerprint density at radius 2 is 2.04 bits per heavy atom. The fraction of sp³-hybridized carbons (Fsp3) is 0.176. The summed E-state index contributed by atoms with van der Waals surface area (Å²) in [6.45, 7) is 9.13. The first kappa shape index (κ1) is 15.7. The molecule has 0 aliphatic heterocycles. The van der Waals surface area contributed by atoms with Crippen molar-refractivity contribution in [3.63, 3.8) is 0 Å². The SMILES string of the molecule is C=CC(=O)Nc1cc(-n2nc(C)cc2C)nc(-c2ccc(C)o2)n1. The number of furan rings is 1. The summed E-state index contributed by atoms with van der Waals surface area (Å²) in [5, 5.41) is 7.08. The lowest BCUT2D eigenvalue weighted by Crippen LogP contribution is -2.12. The molecule has 7 heteroatoms. The molecule has 0 spiro atoms. The summed E-state index contributed by atoms with van der Waals surface area (Å²) in [6, 6.07) is 7.21. The predicted molar refractivity (Wildman–Crippen MR) is 89.9 cm³/mol. The summed E-state index contributed by atoms with van der Waals surface area (Å²) >= 11 is 0. The van der Waals surface area contributed by atoms with E-state index in [-0.39, 0.29) is 5.91 Å². The molecule has 0 unspecified atom stereocenters. The molecule has 7 nitrogen and oxygen atoms in total. The van der Waals surface area contributed by atoms with E-state index in [1.54, 1.807) is 16.8 Å². The normalized spacial score (nSPS) is 10.6. The molecule has 0 aliphatic rings. The van der Waals surface area contributed by atoms with Crippen molar-refractivity contribution < 1.29 is 9.21 Å². The van der Waals surface area contributed by atoms with E-state index < -0.39 is 0 Å². The average molecular weight is 323 g/mol.